The van der Waals surface area contributed by atoms with E-state index in [1.807, 2.05) is 0 Å². The lowest BCUT2D eigenvalue weighted by Gasteiger charge is -2.07. The number of carbonyl (C=O) groups is 1. The number of benzene rings is 2. The number of hydrogen-bond acceptors (Lipinski definition) is 6. The molecule has 0 fully saturated rings. The van der Waals surface area contributed by atoms with E-state index >= 15 is 0 Å². The van der Waals surface area contributed by atoms with Crippen molar-refractivity contribution < 1.29 is 27.1 Å². The first-order valence-corrected chi connectivity index (χ1v) is 8.61. The van der Waals surface area contributed by atoms with Crippen molar-refractivity contribution in [3.8, 4) is 5.75 Å². The summed E-state index contributed by atoms with van der Waals surface area (Å²) in [6.45, 7) is 0. The first-order chi connectivity index (χ1) is 13.3. The van der Waals surface area contributed by atoms with E-state index < -0.39 is 23.6 Å². The normalized spacial score (nSPS) is 11.7. The zero-order valence-corrected chi connectivity index (χ0v) is 14.6. The minimum absolute atomic E-state index is 0.122. The van der Waals surface area contributed by atoms with Gasteiger partial charge in [0.1, 0.15) is 16.9 Å². The molecule has 0 atom stereocenters. The van der Waals surface area contributed by atoms with Crippen molar-refractivity contribution in [2.24, 2.45) is 0 Å². The van der Waals surface area contributed by atoms with Crippen LogP contribution in [0.2, 0.25) is 0 Å². The van der Waals surface area contributed by atoms with Gasteiger partial charge in [0.2, 0.25) is 0 Å². The van der Waals surface area contributed by atoms with E-state index in [-0.39, 0.29) is 10.7 Å². The molecule has 4 aromatic rings. The van der Waals surface area contributed by atoms with Gasteiger partial charge in [-0.1, -0.05) is 29.5 Å². The van der Waals surface area contributed by atoms with Gasteiger partial charge < -0.3 is 9.15 Å². The maximum Gasteiger partial charge on any atom is 0.573 e. The Morgan fingerprint density at radius 2 is 1.93 bits per heavy atom. The Morgan fingerprint density at radius 1 is 1.14 bits per heavy atom. The number of rotatable bonds is 3. The van der Waals surface area contributed by atoms with Gasteiger partial charge >= 0.3 is 12.0 Å². The predicted molar refractivity (Wildman–Crippen MR) is 96.7 cm³/mol. The number of alkyl halides is 3. The molecule has 10 heteroatoms. The fourth-order valence-electron chi connectivity index (χ4n) is 2.54. The van der Waals surface area contributed by atoms with Gasteiger partial charge in [-0.05, 0) is 24.3 Å². The molecule has 0 aliphatic carbocycles. The van der Waals surface area contributed by atoms with Gasteiger partial charge in [0.05, 0.1) is 10.2 Å². The van der Waals surface area contributed by atoms with Crippen LogP contribution in [0.5, 0.6) is 5.75 Å². The molecular weight excluding hydrogens is 397 g/mol. The van der Waals surface area contributed by atoms with Crippen LogP contribution in [0.4, 0.5) is 18.3 Å². The number of carbonyl (C=O) groups excluding carboxylic acids is 1. The van der Waals surface area contributed by atoms with Crippen molar-refractivity contribution in [3.63, 3.8) is 0 Å². The van der Waals surface area contributed by atoms with E-state index in [0.29, 0.717) is 21.2 Å². The van der Waals surface area contributed by atoms with E-state index in [2.05, 4.69) is 15.0 Å². The fourth-order valence-corrected chi connectivity index (χ4v) is 3.43. The number of nitrogens with zero attached hydrogens (tertiary/aromatic N) is 1. The summed E-state index contributed by atoms with van der Waals surface area (Å²) in [6.07, 6.45) is -4.81. The number of thiazole rings is 1. The second kappa shape index (κ2) is 6.64. The van der Waals surface area contributed by atoms with E-state index in [0.717, 1.165) is 17.4 Å². The van der Waals surface area contributed by atoms with Crippen LogP contribution in [-0.4, -0.2) is 17.3 Å². The molecule has 0 spiro atoms. The molecule has 0 bridgehead atoms. The Labute approximate surface area is 158 Å². The predicted octanol–water partition coefficient (Wildman–Crippen LogP) is 4.55. The fraction of sp³-hybridized carbons (Fsp3) is 0.0556. The largest absolute Gasteiger partial charge is 0.573 e. The lowest BCUT2D eigenvalue weighted by molar-refractivity contribution is -0.274. The quantitative estimate of drug-likeness (QED) is 0.505. The monoisotopic (exact) mass is 406 g/mol. The molecule has 2 aromatic heterocycles. The van der Waals surface area contributed by atoms with Gasteiger partial charge in [0.25, 0.3) is 5.91 Å². The highest BCUT2D eigenvalue weighted by atomic mass is 32.1. The third-order valence-corrected chi connectivity index (χ3v) is 4.63. The number of nitrogens with one attached hydrogen (secondary N) is 1. The van der Waals surface area contributed by atoms with Crippen LogP contribution >= 0.6 is 11.3 Å². The van der Waals surface area contributed by atoms with Crippen LogP contribution in [0.15, 0.2) is 57.7 Å². The molecule has 0 aliphatic heterocycles. The molecule has 0 saturated carbocycles. The summed E-state index contributed by atoms with van der Waals surface area (Å²) >= 11 is 0.947. The topological polar surface area (TPSA) is 81.4 Å². The minimum Gasteiger partial charge on any atom is -0.422 e. The van der Waals surface area contributed by atoms with Crippen molar-refractivity contribution in [3.05, 3.63) is 64.5 Å². The Morgan fingerprint density at radius 3 is 2.71 bits per heavy atom. The minimum atomic E-state index is -4.81. The number of para-hydroxylation sites is 1. The zero-order valence-electron chi connectivity index (χ0n) is 13.7. The summed E-state index contributed by atoms with van der Waals surface area (Å²) in [7, 11) is 0. The van der Waals surface area contributed by atoms with Crippen molar-refractivity contribution in [1.29, 1.82) is 0 Å². The summed E-state index contributed by atoms with van der Waals surface area (Å²) in [5.74, 6) is -1.12. The molecular formula is C18H9F3N2O4S. The van der Waals surface area contributed by atoms with Crippen molar-refractivity contribution in [2.45, 2.75) is 6.36 Å². The third-order valence-electron chi connectivity index (χ3n) is 3.70. The number of fused-ring (bicyclic) bond motifs is 2. The second-order valence-electron chi connectivity index (χ2n) is 5.64. The van der Waals surface area contributed by atoms with Crippen molar-refractivity contribution >= 4 is 43.6 Å². The molecule has 6 nitrogen and oxygen atoms in total. The van der Waals surface area contributed by atoms with Gasteiger partial charge in [-0.15, -0.1) is 13.2 Å². The molecule has 142 valence electrons. The summed E-state index contributed by atoms with van der Waals surface area (Å²) in [5, 5.41) is 3.16. The Hall–Kier alpha value is -3.40. The van der Waals surface area contributed by atoms with Crippen LogP contribution in [-0.2, 0) is 0 Å². The maximum absolute atomic E-state index is 12.4. The van der Waals surface area contributed by atoms with E-state index in [1.54, 1.807) is 24.3 Å². The van der Waals surface area contributed by atoms with Crippen LogP contribution in [0.25, 0.3) is 21.2 Å². The zero-order chi connectivity index (χ0) is 19.9. The van der Waals surface area contributed by atoms with Crippen LogP contribution in [0.1, 0.15) is 10.4 Å². The van der Waals surface area contributed by atoms with Gasteiger partial charge in [-0.3, -0.25) is 10.1 Å². The molecule has 28 heavy (non-hydrogen) atoms. The number of hydrogen-bond donors (Lipinski definition) is 1. The molecule has 0 radical (unpaired) electrons. The molecule has 4 rings (SSSR count). The third kappa shape index (κ3) is 3.67. The number of amides is 1. The molecule has 2 aromatic carbocycles. The number of halogens is 3. The van der Waals surface area contributed by atoms with Gasteiger partial charge in [-0.2, -0.15) is 0 Å². The summed E-state index contributed by atoms with van der Waals surface area (Å²) in [4.78, 5) is 28.6. The SMILES string of the molecule is O=C(Nc1nc2ccc(OC(F)(F)F)cc2s1)c1cc2ccccc2oc1=O. The van der Waals surface area contributed by atoms with Gasteiger partial charge in [0.15, 0.2) is 5.13 Å². The molecule has 1 N–H and O–H groups in total. The average Bonchev–Trinajstić information content (AvgIpc) is 3.01. The average molecular weight is 406 g/mol. The van der Waals surface area contributed by atoms with Gasteiger partial charge in [0, 0.05) is 11.5 Å². The highest BCUT2D eigenvalue weighted by Crippen LogP contribution is 2.31. The van der Waals surface area contributed by atoms with Crippen molar-refractivity contribution in [2.75, 3.05) is 5.32 Å². The van der Waals surface area contributed by atoms with Gasteiger partial charge in [-0.25, -0.2) is 9.78 Å². The number of anilines is 1. The van der Waals surface area contributed by atoms with Crippen LogP contribution in [0, 0.1) is 0 Å². The van der Waals surface area contributed by atoms with Crippen LogP contribution < -0.4 is 15.7 Å². The molecule has 2 heterocycles. The standard InChI is InChI=1S/C18H9F3N2O4S/c19-18(20,21)27-10-5-6-12-14(8-10)28-17(22-12)23-15(24)11-7-9-3-1-2-4-13(9)26-16(11)25/h1-8H,(H,22,23,24). The van der Waals surface area contributed by atoms with E-state index in [1.165, 1.54) is 18.2 Å². The first kappa shape index (κ1) is 18.0. The Balaban J connectivity index is 1.62. The smallest absolute Gasteiger partial charge is 0.422 e. The molecule has 0 saturated heterocycles. The second-order valence-corrected chi connectivity index (χ2v) is 6.67. The summed E-state index contributed by atoms with van der Waals surface area (Å²) in [6, 6.07) is 11.8. The first-order valence-electron chi connectivity index (χ1n) is 7.79. The van der Waals surface area contributed by atoms with Crippen LogP contribution in [0.3, 0.4) is 0 Å². The Bertz CT molecular complexity index is 1260. The number of aromatic nitrogens is 1. The molecule has 0 aliphatic rings. The summed E-state index contributed by atoms with van der Waals surface area (Å²) in [5.41, 5.74) is -0.293. The van der Waals surface area contributed by atoms with E-state index in [4.69, 9.17) is 4.42 Å². The van der Waals surface area contributed by atoms with E-state index in [9.17, 15) is 22.8 Å². The molecule has 1 amide bonds. The lowest BCUT2D eigenvalue weighted by Crippen LogP contribution is -2.20. The Kier molecular flexibility index (Phi) is 4.27. The lowest BCUT2D eigenvalue weighted by atomic mass is 10.2. The highest BCUT2D eigenvalue weighted by Gasteiger charge is 2.31. The summed E-state index contributed by atoms with van der Waals surface area (Å²) < 4.78 is 46.3. The maximum atomic E-state index is 12.4. The number of ether oxygens (including phenoxy) is 1. The highest BCUT2D eigenvalue weighted by molar-refractivity contribution is 7.22. The van der Waals surface area contributed by atoms with Crippen molar-refractivity contribution in [1.82, 2.24) is 4.98 Å². The molecule has 0 unspecified atom stereocenters.